The fraction of sp³-hybridized carbons (Fsp3) is 0.0400. The molecule has 6 nitrogen and oxygen atoms in total. The van der Waals surface area contributed by atoms with Crippen molar-refractivity contribution < 1.29 is 9.53 Å². The minimum atomic E-state index is -0.333. The molecule has 162 valence electrons. The number of amides is 1. The van der Waals surface area contributed by atoms with E-state index in [1.807, 2.05) is 48.5 Å². The Kier molecular flexibility index (Phi) is 5.77. The van der Waals surface area contributed by atoms with Crippen molar-refractivity contribution in [3.63, 3.8) is 0 Å². The molecule has 0 N–H and O–H groups in total. The second-order valence-corrected chi connectivity index (χ2v) is 8.91. The molecule has 1 aliphatic rings. The van der Waals surface area contributed by atoms with Crippen LogP contribution in [0.3, 0.4) is 0 Å². The average Bonchev–Trinajstić information content (AvgIpc) is 3.10. The summed E-state index contributed by atoms with van der Waals surface area (Å²) in [6.07, 6.45) is 3.16. The van der Waals surface area contributed by atoms with Gasteiger partial charge in [0.15, 0.2) is 0 Å². The van der Waals surface area contributed by atoms with Crippen LogP contribution in [0.1, 0.15) is 11.1 Å². The van der Waals surface area contributed by atoms with E-state index in [0.29, 0.717) is 27.2 Å². The van der Waals surface area contributed by atoms with Gasteiger partial charge in [-0.2, -0.15) is 4.98 Å². The van der Waals surface area contributed by atoms with Gasteiger partial charge in [-0.15, -0.1) is 0 Å². The number of hydrogen-bond acceptors (Lipinski definition) is 6. The lowest BCUT2D eigenvalue weighted by atomic mass is 10.2. The molecule has 0 bridgehead atoms. The largest absolute Gasteiger partial charge is 0.438 e. The number of para-hydroxylation sites is 1. The van der Waals surface area contributed by atoms with Crippen LogP contribution in [0.15, 0.2) is 94.8 Å². The molecule has 0 saturated carbocycles. The van der Waals surface area contributed by atoms with Crippen LogP contribution in [-0.4, -0.2) is 24.5 Å². The molecule has 2 aromatic heterocycles. The number of aromatic nitrogens is 2. The molecular formula is C25H17N3O3S2. The molecule has 2 aromatic carbocycles. The third-order valence-corrected chi connectivity index (χ3v) is 6.40. The van der Waals surface area contributed by atoms with E-state index in [9.17, 15) is 9.59 Å². The number of carbonyl (C=O) groups is 1. The number of thiocarbonyl (C=S) groups is 1. The van der Waals surface area contributed by atoms with Gasteiger partial charge >= 0.3 is 0 Å². The summed E-state index contributed by atoms with van der Waals surface area (Å²) in [5, 5.41) is 0. The molecule has 0 unspecified atom stereocenters. The SMILES string of the molecule is O=C1/C(=C\c2c(Oc3ccccc3)nc3ccccn3c2=O)SC(=S)N1Cc1ccccc1. The first-order chi connectivity index (χ1) is 16.1. The molecule has 1 amide bonds. The number of nitrogens with zero attached hydrogens (tertiary/aromatic N) is 3. The van der Waals surface area contributed by atoms with Crippen molar-refractivity contribution in [3.05, 3.63) is 111 Å². The molecule has 0 atom stereocenters. The van der Waals surface area contributed by atoms with Crippen LogP contribution in [0.4, 0.5) is 0 Å². The zero-order valence-corrected chi connectivity index (χ0v) is 18.9. The number of rotatable bonds is 5. The lowest BCUT2D eigenvalue weighted by Gasteiger charge is -2.14. The topological polar surface area (TPSA) is 63.9 Å². The minimum Gasteiger partial charge on any atom is -0.438 e. The number of benzene rings is 2. The summed E-state index contributed by atoms with van der Waals surface area (Å²) in [6, 6.07) is 24.0. The highest BCUT2D eigenvalue weighted by atomic mass is 32.2. The van der Waals surface area contributed by atoms with Gasteiger partial charge in [0.05, 0.1) is 11.4 Å². The van der Waals surface area contributed by atoms with E-state index in [-0.39, 0.29) is 22.9 Å². The second-order valence-electron chi connectivity index (χ2n) is 7.23. The van der Waals surface area contributed by atoms with Gasteiger partial charge in [-0.1, -0.05) is 78.6 Å². The predicted octanol–water partition coefficient (Wildman–Crippen LogP) is 4.89. The molecule has 5 rings (SSSR count). The molecule has 4 aromatic rings. The number of pyridine rings is 1. The maximum Gasteiger partial charge on any atom is 0.269 e. The van der Waals surface area contributed by atoms with E-state index in [0.717, 1.165) is 17.3 Å². The molecule has 1 aliphatic heterocycles. The highest BCUT2D eigenvalue weighted by molar-refractivity contribution is 8.26. The minimum absolute atomic E-state index is 0.130. The Balaban J connectivity index is 1.56. The number of carbonyl (C=O) groups excluding carboxylic acids is 1. The van der Waals surface area contributed by atoms with E-state index in [1.54, 1.807) is 36.5 Å². The van der Waals surface area contributed by atoms with E-state index in [4.69, 9.17) is 17.0 Å². The average molecular weight is 472 g/mol. The zero-order chi connectivity index (χ0) is 22.8. The summed E-state index contributed by atoms with van der Waals surface area (Å²) in [5.41, 5.74) is 1.26. The third kappa shape index (κ3) is 4.30. The summed E-state index contributed by atoms with van der Waals surface area (Å²) in [6.45, 7) is 0.366. The number of fused-ring (bicyclic) bond motifs is 1. The predicted molar refractivity (Wildman–Crippen MR) is 133 cm³/mol. The summed E-state index contributed by atoms with van der Waals surface area (Å²) < 4.78 is 7.82. The zero-order valence-electron chi connectivity index (χ0n) is 17.3. The quantitative estimate of drug-likeness (QED) is 0.305. The molecule has 0 radical (unpaired) electrons. The molecule has 1 saturated heterocycles. The Hall–Kier alpha value is -3.75. The van der Waals surface area contributed by atoms with Crippen LogP contribution in [0.5, 0.6) is 11.6 Å². The molecule has 1 fully saturated rings. The fourth-order valence-corrected chi connectivity index (χ4v) is 4.65. The third-order valence-electron chi connectivity index (χ3n) is 5.02. The molecule has 3 heterocycles. The first kappa shape index (κ1) is 21.1. The van der Waals surface area contributed by atoms with Crippen LogP contribution >= 0.6 is 24.0 Å². The number of thioether (sulfide) groups is 1. The molecule has 33 heavy (non-hydrogen) atoms. The van der Waals surface area contributed by atoms with Crippen LogP contribution < -0.4 is 10.3 Å². The maximum atomic E-state index is 13.3. The second kappa shape index (κ2) is 9.01. The van der Waals surface area contributed by atoms with Gasteiger partial charge in [-0.25, -0.2) is 0 Å². The van der Waals surface area contributed by atoms with Gasteiger partial charge in [0.25, 0.3) is 11.5 Å². The molecule has 0 spiro atoms. The van der Waals surface area contributed by atoms with Crippen molar-refractivity contribution in [1.29, 1.82) is 0 Å². The Morgan fingerprint density at radius 1 is 0.939 bits per heavy atom. The normalized spacial score (nSPS) is 14.9. The smallest absolute Gasteiger partial charge is 0.269 e. The van der Waals surface area contributed by atoms with Crippen LogP contribution in [0, 0.1) is 0 Å². The molecular weight excluding hydrogens is 454 g/mol. The highest BCUT2D eigenvalue weighted by Crippen LogP contribution is 2.35. The van der Waals surface area contributed by atoms with Gasteiger partial charge in [0.1, 0.15) is 21.3 Å². The maximum absolute atomic E-state index is 13.3. The van der Waals surface area contributed by atoms with Gasteiger partial charge in [-0.05, 0) is 35.9 Å². The van der Waals surface area contributed by atoms with Crippen molar-refractivity contribution in [3.8, 4) is 11.6 Å². The Morgan fingerprint density at radius 3 is 2.39 bits per heavy atom. The Bertz CT molecular complexity index is 1450. The summed E-state index contributed by atoms with van der Waals surface area (Å²) in [5.74, 6) is 0.416. The van der Waals surface area contributed by atoms with Gasteiger partial charge in [0, 0.05) is 6.20 Å². The standard InChI is InChI=1S/C25H17N3O3S2/c29-23-19(15-20-24(30)28(25(32)33-20)16-17-9-3-1-4-10-17)22(31-18-11-5-2-6-12-18)26-21-13-7-8-14-27(21)23/h1-15H,16H2/b20-15+. The van der Waals surface area contributed by atoms with Gasteiger partial charge in [-0.3, -0.25) is 18.9 Å². The summed E-state index contributed by atoms with van der Waals surface area (Å²) in [7, 11) is 0. The van der Waals surface area contributed by atoms with Crippen LogP contribution in [-0.2, 0) is 11.3 Å². The Morgan fingerprint density at radius 2 is 1.64 bits per heavy atom. The summed E-state index contributed by atoms with van der Waals surface area (Å²) in [4.78, 5) is 32.9. The lowest BCUT2D eigenvalue weighted by Crippen LogP contribution is -2.27. The highest BCUT2D eigenvalue weighted by Gasteiger charge is 2.32. The van der Waals surface area contributed by atoms with E-state index >= 15 is 0 Å². The van der Waals surface area contributed by atoms with Gasteiger partial charge in [0.2, 0.25) is 5.88 Å². The van der Waals surface area contributed by atoms with E-state index in [2.05, 4.69) is 4.98 Å². The first-order valence-corrected chi connectivity index (χ1v) is 11.4. The summed E-state index contributed by atoms with van der Waals surface area (Å²) >= 11 is 6.62. The van der Waals surface area contributed by atoms with Crippen molar-refractivity contribution in [2.75, 3.05) is 0 Å². The first-order valence-electron chi connectivity index (χ1n) is 10.1. The van der Waals surface area contributed by atoms with Crippen molar-refractivity contribution in [1.82, 2.24) is 14.3 Å². The van der Waals surface area contributed by atoms with Crippen LogP contribution in [0.25, 0.3) is 11.7 Å². The monoisotopic (exact) mass is 471 g/mol. The van der Waals surface area contributed by atoms with E-state index < -0.39 is 0 Å². The fourth-order valence-electron chi connectivity index (χ4n) is 3.42. The van der Waals surface area contributed by atoms with Crippen molar-refractivity contribution in [2.45, 2.75) is 6.54 Å². The Labute approximate surface area is 199 Å². The molecule has 8 heteroatoms. The number of ether oxygens (including phenoxy) is 1. The van der Waals surface area contributed by atoms with Crippen molar-refractivity contribution in [2.24, 2.45) is 0 Å². The van der Waals surface area contributed by atoms with Gasteiger partial charge < -0.3 is 4.74 Å². The molecule has 0 aliphatic carbocycles. The lowest BCUT2D eigenvalue weighted by molar-refractivity contribution is -0.122. The van der Waals surface area contributed by atoms with Crippen molar-refractivity contribution >= 4 is 45.9 Å². The number of hydrogen-bond donors (Lipinski definition) is 0. The van der Waals surface area contributed by atoms with Crippen LogP contribution in [0.2, 0.25) is 0 Å². The van der Waals surface area contributed by atoms with E-state index in [1.165, 1.54) is 15.4 Å².